The number of benzene rings is 2. The fraction of sp³-hybridized carbons (Fsp3) is 0.350. The van der Waals surface area contributed by atoms with Crippen LogP contribution in [0, 0.1) is 13.8 Å². The zero-order chi connectivity index (χ0) is 17.9. The Kier molecular flexibility index (Phi) is 5.17. The minimum atomic E-state index is -0.711. The molecule has 0 aliphatic carbocycles. The molecular weight excluding hydrogens is 302 g/mol. The predicted octanol–water partition coefficient (Wildman–Crippen LogP) is 4.24. The SMILES string of the molecule is COc1ccc(C(C)(C)C(=O)Nc2ccc(C)cc2C)cc1OC. The summed E-state index contributed by atoms with van der Waals surface area (Å²) in [4.78, 5) is 12.8. The van der Waals surface area contributed by atoms with Crippen molar-refractivity contribution in [1.82, 2.24) is 0 Å². The van der Waals surface area contributed by atoms with Gasteiger partial charge in [0, 0.05) is 5.69 Å². The third-order valence-electron chi connectivity index (χ3n) is 4.30. The summed E-state index contributed by atoms with van der Waals surface area (Å²) in [5.74, 6) is 1.19. The van der Waals surface area contributed by atoms with Crippen molar-refractivity contribution in [2.24, 2.45) is 0 Å². The average molecular weight is 327 g/mol. The van der Waals surface area contributed by atoms with Gasteiger partial charge < -0.3 is 14.8 Å². The van der Waals surface area contributed by atoms with Crippen LogP contribution >= 0.6 is 0 Å². The average Bonchev–Trinajstić information content (AvgIpc) is 2.56. The first kappa shape index (κ1) is 17.9. The van der Waals surface area contributed by atoms with Crippen molar-refractivity contribution in [1.29, 1.82) is 0 Å². The summed E-state index contributed by atoms with van der Waals surface area (Å²) >= 11 is 0. The number of nitrogens with one attached hydrogen (secondary N) is 1. The summed E-state index contributed by atoms with van der Waals surface area (Å²) in [5.41, 5.74) is 3.20. The molecule has 0 saturated carbocycles. The number of amides is 1. The number of carbonyl (C=O) groups excluding carboxylic acids is 1. The van der Waals surface area contributed by atoms with Crippen LogP contribution < -0.4 is 14.8 Å². The van der Waals surface area contributed by atoms with Gasteiger partial charge in [-0.15, -0.1) is 0 Å². The highest BCUT2D eigenvalue weighted by molar-refractivity contribution is 5.99. The Morgan fingerprint density at radius 2 is 1.62 bits per heavy atom. The molecule has 0 radical (unpaired) electrons. The van der Waals surface area contributed by atoms with Crippen molar-refractivity contribution < 1.29 is 14.3 Å². The van der Waals surface area contributed by atoms with E-state index in [0.717, 1.165) is 16.8 Å². The van der Waals surface area contributed by atoms with E-state index >= 15 is 0 Å². The largest absolute Gasteiger partial charge is 0.493 e. The fourth-order valence-corrected chi connectivity index (χ4v) is 2.59. The first-order valence-electron chi connectivity index (χ1n) is 7.90. The molecule has 0 unspecified atom stereocenters. The minimum Gasteiger partial charge on any atom is -0.493 e. The number of ether oxygens (including phenoxy) is 2. The quantitative estimate of drug-likeness (QED) is 0.893. The molecule has 2 aromatic carbocycles. The Labute approximate surface area is 143 Å². The predicted molar refractivity (Wildman–Crippen MR) is 97.1 cm³/mol. The molecule has 0 aromatic heterocycles. The van der Waals surface area contributed by atoms with Crippen LogP contribution in [0.2, 0.25) is 0 Å². The van der Waals surface area contributed by atoms with E-state index in [1.807, 2.05) is 58.0 Å². The number of methoxy groups -OCH3 is 2. The highest BCUT2D eigenvalue weighted by Gasteiger charge is 2.31. The third kappa shape index (κ3) is 3.53. The first-order chi connectivity index (χ1) is 11.3. The Bertz CT molecular complexity index is 751. The lowest BCUT2D eigenvalue weighted by Gasteiger charge is -2.25. The Morgan fingerprint density at radius 3 is 2.21 bits per heavy atom. The van der Waals surface area contributed by atoms with E-state index in [4.69, 9.17) is 9.47 Å². The van der Waals surface area contributed by atoms with Crippen LogP contribution in [0.1, 0.15) is 30.5 Å². The molecule has 0 fully saturated rings. The van der Waals surface area contributed by atoms with Gasteiger partial charge in [-0.2, -0.15) is 0 Å². The van der Waals surface area contributed by atoms with Crippen molar-refractivity contribution in [2.75, 3.05) is 19.5 Å². The van der Waals surface area contributed by atoms with E-state index in [-0.39, 0.29) is 5.91 Å². The topological polar surface area (TPSA) is 47.6 Å². The van der Waals surface area contributed by atoms with Crippen molar-refractivity contribution in [2.45, 2.75) is 33.1 Å². The monoisotopic (exact) mass is 327 g/mol. The molecule has 4 nitrogen and oxygen atoms in total. The Hall–Kier alpha value is -2.49. The summed E-state index contributed by atoms with van der Waals surface area (Å²) in [5, 5.41) is 3.03. The van der Waals surface area contributed by atoms with Crippen molar-refractivity contribution in [3.63, 3.8) is 0 Å². The van der Waals surface area contributed by atoms with Crippen LogP contribution in [0.5, 0.6) is 11.5 Å². The van der Waals surface area contributed by atoms with Crippen LogP contribution in [0.3, 0.4) is 0 Å². The van der Waals surface area contributed by atoms with Gasteiger partial charge >= 0.3 is 0 Å². The Balaban J connectivity index is 2.30. The first-order valence-corrected chi connectivity index (χ1v) is 7.90. The molecule has 1 N–H and O–H groups in total. The molecule has 2 rings (SSSR count). The molecule has 2 aromatic rings. The number of hydrogen-bond donors (Lipinski definition) is 1. The third-order valence-corrected chi connectivity index (χ3v) is 4.30. The highest BCUT2D eigenvalue weighted by Crippen LogP contribution is 2.34. The van der Waals surface area contributed by atoms with E-state index < -0.39 is 5.41 Å². The van der Waals surface area contributed by atoms with Gasteiger partial charge in [0.25, 0.3) is 0 Å². The maximum absolute atomic E-state index is 12.8. The lowest BCUT2D eigenvalue weighted by molar-refractivity contribution is -0.120. The zero-order valence-electron chi connectivity index (χ0n) is 15.2. The van der Waals surface area contributed by atoms with Gasteiger partial charge in [0.2, 0.25) is 5.91 Å². The molecule has 0 aliphatic heterocycles. The van der Waals surface area contributed by atoms with Gasteiger partial charge in [-0.3, -0.25) is 4.79 Å². The van der Waals surface area contributed by atoms with E-state index in [0.29, 0.717) is 11.5 Å². The molecule has 0 saturated heterocycles. The van der Waals surface area contributed by atoms with E-state index in [1.54, 1.807) is 14.2 Å². The smallest absolute Gasteiger partial charge is 0.234 e. The molecule has 0 heterocycles. The molecule has 1 amide bonds. The lowest BCUT2D eigenvalue weighted by atomic mass is 9.83. The van der Waals surface area contributed by atoms with Crippen molar-refractivity contribution in [3.05, 3.63) is 53.1 Å². The maximum atomic E-state index is 12.8. The highest BCUT2D eigenvalue weighted by atomic mass is 16.5. The second kappa shape index (κ2) is 6.95. The number of carbonyl (C=O) groups is 1. The molecule has 0 bridgehead atoms. The number of rotatable bonds is 5. The van der Waals surface area contributed by atoms with Crippen LogP contribution in [-0.4, -0.2) is 20.1 Å². The molecule has 128 valence electrons. The van der Waals surface area contributed by atoms with Gasteiger partial charge in [0.15, 0.2) is 11.5 Å². The minimum absolute atomic E-state index is 0.0679. The number of hydrogen-bond acceptors (Lipinski definition) is 3. The van der Waals surface area contributed by atoms with Gasteiger partial charge in [-0.1, -0.05) is 23.8 Å². The Morgan fingerprint density at radius 1 is 0.958 bits per heavy atom. The standard InChI is InChI=1S/C20H25NO3/c1-13-7-9-16(14(2)11-13)21-19(22)20(3,4)15-8-10-17(23-5)18(12-15)24-6/h7-12H,1-6H3,(H,21,22). The summed E-state index contributed by atoms with van der Waals surface area (Å²) in [7, 11) is 3.18. The summed E-state index contributed by atoms with van der Waals surface area (Å²) in [6.45, 7) is 7.82. The molecule has 24 heavy (non-hydrogen) atoms. The number of aryl methyl sites for hydroxylation is 2. The second-order valence-electron chi connectivity index (χ2n) is 6.47. The summed E-state index contributed by atoms with van der Waals surface area (Å²) < 4.78 is 10.6. The van der Waals surface area contributed by atoms with Crippen LogP contribution in [0.15, 0.2) is 36.4 Å². The van der Waals surface area contributed by atoms with Crippen molar-refractivity contribution >= 4 is 11.6 Å². The van der Waals surface area contributed by atoms with Gasteiger partial charge in [0.05, 0.1) is 19.6 Å². The van der Waals surface area contributed by atoms with E-state index in [1.165, 1.54) is 5.56 Å². The van der Waals surface area contributed by atoms with Crippen LogP contribution in [0.4, 0.5) is 5.69 Å². The van der Waals surface area contributed by atoms with Gasteiger partial charge in [0.1, 0.15) is 0 Å². The van der Waals surface area contributed by atoms with Crippen LogP contribution in [-0.2, 0) is 10.2 Å². The number of anilines is 1. The maximum Gasteiger partial charge on any atom is 0.234 e. The second-order valence-corrected chi connectivity index (χ2v) is 6.47. The van der Waals surface area contributed by atoms with Gasteiger partial charge in [-0.05, 0) is 57.0 Å². The molecule has 0 atom stereocenters. The molecule has 0 spiro atoms. The summed E-state index contributed by atoms with van der Waals surface area (Å²) in [6, 6.07) is 11.5. The lowest BCUT2D eigenvalue weighted by Crippen LogP contribution is -2.35. The van der Waals surface area contributed by atoms with Crippen LogP contribution in [0.25, 0.3) is 0 Å². The van der Waals surface area contributed by atoms with E-state index in [9.17, 15) is 4.79 Å². The summed E-state index contributed by atoms with van der Waals surface area (Å²) in [6.07, 6.45) is 0. The molecule has 4 heteroatoms. The zero-order valence-corrected chi connectivity index (χ0v) is 15.2. The van der Waals surface area contributed by atoms with Gasteiger partial charge in [-0.25, -0.2) is 0 Å². The molecule has 0 aliphatic rings. The fourth-order valence-electron chi connectivity index (χ4n) is 2.59. The van der Waals surface area contributed by atoms with Crippen molar-refractivity contribution in [3.8, 4) is 11.5 Å². The van der Waals surface area contributed by atoms with E-state index in [2.05, 4.69) is 11.4 Å². The normalized spacial score (nSPS) is 11.1. The molecular formula is C20H25NO3.